The van der Waals surface area contributed by atoms with E-state index in [-0.39, 0.29) is 5.91 Å². The number of carbonyl (C=O) groups excluding carboxylic acids is 1. The molecule has 0 radical (unpaired) electrons. The second-order valence-corrected chi connectivity index (χ2v) is 7.18. The van der Waals surface area contributed by atoms with E-state index in [2.05, 4.69) is 26.5 Å². The van der Waals surface area contributed by atoms with E-state index in [0.717, 1.165) is 21.2 Å². The molecule has 0 unspecified atom stereocenters. The standard InChI is InChI=1S/C23H21BrN2O3/c1-16-8-6-7-11-19(16)23(27)26-25-14-18-12-20(24)22(21(13-18)28-2)29-15-17-9-4-3-5-10-17/h3-14H,15H2,1-2H3,(H,26,27)/b25-14+. The van der Waals surface area contributed by atoms with Crippen molar-refractivity contribution >= 4 is 28.1 Å². The van der Waals surface area contributed by atoms with Gasteiger partial charge in [-0.25, -0.2) is 5.43 Å². The van der Waals surface area contributed by atoms with Crippen LogP contribution in [-0.2, 0) is 6.61 Å². The Hall–Kier alpha value is -3.12. The van der Waals surface area contributed by atoms with E-state index in [0.29, 0.717) is 23.7 Å². The number of hydrogen-bond acceptors (Lipinski definition) is 4. The molecule has 0 bridgehead atoms. The van der Waals surface area contributed by atoms with Gasteiger partial charge in [0.05, 0.1) is 17.8 Å². The second kappa shape index (κ2) is 9.89. The third-order valence-electron chi connectivity index (χ3n) is 4.25. The van der Waals surface area contributed by atoms with Gasteiger partial charge >= 0.3 is 0 Å². The number of nitrogens with one attached hydrogen (secondary N) is 1. The Morgan fingerprint density at radius 3 is 2.55 bits per heavy atom. The molecule has 0 saturated carbocycles. The van der Waals surface area contributed by atoms with Crippen molar-refractivity contribution in [3.05, 3.63) is 93.5 Å². The fourth-order valence-electron chi connectivity index (χ4n) is 2.74. The lowest BCUT2D eigenvalue weighted by Crippen LogP contribution is -2.18. The first kappa shape index (κ1) is 20.6. The lowest BCUT2D eigenvalue weighted by molar-refractivity contribution is 0.0954. The van der Waals surface area contributed by atoms with Gasteiger partial charge in [-0.15, -0.1) is 0 Å². The maximum absolute atomic E-state index is 12.2. The van der Waals surface area contributed by atoms with Crippen LogP contribution in [-0.4, -0.2) is 19.2 Å². The van der Waals surface area contributed by atoms with Crippen LogP contribution in [0.25, 0.3) is 0 Å². The van der Waals surface area contributed by atoms with Crippen LogP contribution in [0.5, 0.6) is 11.5 Å². The average molecular weight is 453 g/mol. The zero-order chi connectivity index (χ0) is 20.6. The number of ether oxygens (including phenoxy) is 2. The lowest BCUT2D eigenvalue weighted by atomic mass is 10.1. The van der Waals surface area contributed by atoms with E-state index >= 15 is 0 Å². The minimum Gasteiger partial charge on any atom is -0.493 e. The summed E-state index contributed by atoms with van der Waals surface area (Å²) < 4.78 is 12.1. The number of nitrogens with zero attached hydrogens (tertiary/aromatic N) is 1. The van der Waals surface area contributed by atoms with Crippen molar-refractivity contribution in [3.8, 4) is 11.5 Å². The highest BCUT2D eigenvalue weighted by Crippen LogP contribution is 2.36. The summed E-state index contributed by atoms with van der Waals surface area (Å²) in [6, 6.07) is 20.9. The topological polar surface area (TPSA) is 59.9 Å². The Kier molecular flexibility index (Phi) is 7.03. The number of rotatable bonds is 7. The highest BCUT2D eigenvalue weighted by atomic mass is 79.9. The molecule has 0 spiro atoms. The summed E-state index contributed by atoms with van der Waals surface area (Å²) in [5.74, 6) is 0.924. The third kappa shape index (κ3) is 5.45. The molecule has 148 valence electrons. The molecule has 1 amide bonds. The van der Waals surface area contributed by atoms with Crippen LogP contribution in [0, 0.1) is 6.92 Å². The van der Waals surface area contributed by atoms with E-state index in [1.807, 2.05) is 61.5 Å². The first-order chi connectivity index (χ1) is 14.1. The van der Waals surface area contributed by atoms with Gasteiger partial charge in [-0.2, -0.15) is 5.10 Å². The first-order valence-electron chi connectivity index (χ1n) is 9.02. The molecule has 1 N–H and O–H groups in total. The summed E-state index contributed by atoms with van der Waals surface area (Å²) in [5.41, 5.74) is 5.85. The highest BCUT2D eigenvalue weighted by Gasteiger charge is 2.12. The summed E-state index contributed by atoms with van der Waals surface area (Å²) in [4.78, 5) is 12.2. The molecule has 0 saturated heterocycles. The molecular weight excluding hydrogens is 432 g/mol. The molecule has 0 fully saturated rings. The van der Waals surface area contributed by atoms with E-state index in [1.165, 1.54) is 0 Å². The molecule has 0 heterocycles. The SMILES string of the molecule is COc1cc(/C=N/NC(=O)c2ccccc2C)cc(Br)c1OCc1ccccc1. The van der Waals surface area contributed by atoms with E-state index in [1.54, 1.807) is 25.5 Å². The van der Waals surface area contributed by atoms with Crippen molar-refractivity contribution in [2.45, 2.75) is 13.5 Å². The van der Waals surface area contributed by atoms with Gasteiger partial charge in [0, 0.05) is 5.56 Å². The third-order valence-corrected chi connectivity index (χ3v) is 4.84. The van der Waals surface area contributed by atoms with Crippen LogP contribution < -0.4 is 14.9 Å². The molecule has 3 aromatic carbocycles. The zero-order valence-electron chi connectivity index (χ0n) is 16.2. The van der Waals surface area contributed by atoms with Crippen molar-refractivity contribution < 1.29 is 14.3 Å². The Balaban J connectivity index is 1.70. The Labute approximate surface area is 178 Å². The van der Waals surface area contributed by atoms with Gasteiger partial charge in [-0.05, 0) is 57.7 Å². The molecule has 3 rings (SSSR count). The predicted molar refractivity (Wildman–Crippen MR) is 118 cm³/mol. The van der Waals surface area contributed by atoms with Gasteiger partial charge in [0.2, 0.25) is 0 Å². The monoisotopic (exact) mass is 452 g/mol. The minimum atomic E-state index is -0.256. The van der Waals surface area contributed by atoms with Gasteiger partial charge in [-0.1, -0.05) is 48.5 Å². The zero-order valence-corrected chi connectivity index (χ0v) is 17.8. The number of methoxy groups -OCH3 is 1. The second-order valence-electron chi connectivity index (χ2n) is 6.32. The fourth-order valence-corrected chi connectivity index (χ4v) is 3.31. The highest BCUT2D eigenvalue weighted by molar-refractivity contribution is 9.10. The molecule has 29 heavy (non-hydrogen) atoms. The number of amides is 1. The van der Waals surface area contributed by atoms with Gasteiger partial charge in [0.25, 0.3) is 5.91 Å². The quantitative estimate of drug-likeness (QED) is 0.400. The molecule has 5 nitrogen and oxygen atoms in total. The Bertz CT molecular complexity index is 1020. The predicted octanol–water partition coefficient (Wildman–Crippen LogP) is 5.11. The van der Waals surface area contributed by atoms with E-state index < -0.39 is 0 Å². The van der Waals surface area contributed by atoms with Crippen LogP contribution in [0.4, 0.5) is 0 Å². The number of hydrogen-bond donors (Lipinski definition) is 1. The molecule has 0 aromatic heterocycles. The molecule has 6 heteroatoms. The van der Waals surface area contributed by atoms with Crippen molar-refractivity contribution in [1.29, 1.82) is 0 Å². The Morgan fingerprint density at radius 1 is 1.10 bits per heavy atom. The smallest absolute Gasteiger partial charge is 0.271 e. The van der Waals surface area contributed by atoms with Gasteiger partial charge < -0.3 is 9.47 Å². The number of hydrazone groups is 1. The van der Waals surface area contributed by atoms with Crippen molar-refractivity contribution in [2.75, 3.05) is 7.11 Å². The van der Waals surface area contributed by atoms with Crippen molar-refractivity contribution in [2.24, 2.45) is 5.10 Å². The average Bonchev–Trinajstić information content (AvgIpc) is 2.73. The number of aryl methyl sites for hydroxylation is 1. The van der Waals surface area contributed by atoms with Crippen LogP contribution >= 0.6 is 15.9 Å². The molecular formula is C23H21BrN2O3. The molecule has 0 aliphatic carbocycles. The van der Waals surface area contributed by atoms with Crippen LogP contribution in [0.3, 0.4) is 0 Å². The fraction of sp³-hybridized carbons (Fsp3) is 0.130. The lowest BCUT2D eigenvalue weighted by Gasteiger charge is -2.13. The molecule has 0 aliphatic rings. The van der Waals surface area contributed by atoms with Crippen molar-refractivity contribution in [1.82, 2.24) is 5.43 Å². The summed E-state index contributed by atoms with van der Waals surface area (Å²) in [7, 11) is 1.58. The van der Waals surface area contributed by atoms with E-state index in [4.69, 9.17) is 9.47 Å². The van der Waals surface area contributed by atoms with Crippen molar-refractivity contribution in [3.63, 3.8) is 0 Å². The Morgan fingerprint density at radius 2 is 1.83 bits per heavy atom. The largest absolute Gasteiger partial charge is 0.493 e. The summed E-state index contributed by atoms with van der Waals surface area (Å²) in [6.07, 6.45) is 1.56. The minimum absolute atomic E-state index is 0.256. The summed E-state index contributed by atoms with van der Waals surface area (Å²) in [5, 5.41) is 4.06. The molecule has 0 aliphatic heterocycles. The van der Waals surface area contributed by atoms with Gasteiger partial charge in [0.1, 0.15) is 6.61 Å². The normalized spacial score (nSPS) is 10.7. The number of benzene rings is 3. The summed E-state index contributed by atoms with van der Waals surface area (Å²) in [6.45, 7) is 2.31. The molecule has 0 atom stereocenters. The van der Waals surface area contributed by atoms with Gasteiger partial charge in [-0.3, -0.25) is 4.79 Å². The van der Waals surface area contributed by atoms with Crippen LogP contribution in [0.15, 0.2) is 76.3 Å². The summed E-state index contributed by atoms with van der Waals surface area (Å²) >= 11 is 3.53. The molecule has 3 aromatic rings. The maximum atomic E-state index is 12.2. The number of carbonyl (C=O) groups is 1. The maximum Gasteiger partial charge on any atom is 0.271 e. The van der Waals surface area contributed by atoms with Crippen LogP contribution in [0.2, 0.25) is 0 Å². The van der Waals surface area contributed by atoms with E-state index in [9.17, 15) is 4.79 Å². The number of halogens is 1. The first-order valence-corrected chi connectivity index (χ1v) is 9.81. The van der Waals surface area contributed by atoms with Gasteiger partial charge in [0.15, 0.2) is 11.5 Å². The van der Waals surface area contributed by atoms with Crippen LogP contribution in [0.1, 0.15) is 27.0 Å².